The van der Waals surface area contributed by atoms with Crippen LogP contribution in [0.1, 0.15) is 16.7 Å². The highest BCUT2D eigenvalue weighted by atomic mass is 35.5. The number of halogens is 1. The zero-order valence-corrected chi connectivity index (χ0v) is 11.0. The molecule has 0 aliphatic carbocycles. The van der Waals surface area contributed by atoms with Gasteiger partial charge in [-0.05, 0) is 55.2 Å². The average Bonchev–Trinajstić information content (AvgIpc) is 2.27. The third kappa shape index (κ3) is 2.16. The van der Waals surface area contributed by atoms with Crippen LogP contribution in [0.25, 0.3) is 11.1 Å². The summed E-state index contributed by atoms with van der Waals surface area (Å²) >= 11 is 6.08. The quantitative estimate of drug-likeness (QED) is 0.685. The first-order valence-electron chi connectivity index (χ1n) is 5.59. The van der Waals surface area contributed by atoms with E-state index in [2.05, 4.69) is 19.9 Å². The first-order valence-corrected chi connectivity index (χ1v) is 5.97. The molecule has 0 saturated heterocycles. The van der Waals surface area contributed by atoms with Crippen molar-refractivity contribution in [2.45, 2.75) is 20.8 Å². The zero-order valence-electron chi connectivity index (χ0n) is 10.3. The molecule has 0 bridgehead atoms. The molecule has 0 aliphatic rings. The minimum absolute atomic E-state index is 0.558. The van der Waals surface area contributed by atoms with Crippen LogP contribution in [-0.2, 0) is 0 Å². The fraction of sp³-hybridized carbons (Fsp3) is 0.200. The van der Waals surface area contributed by atoms with E-state index in [9.17, 15) is 0 Å². The van der Waals surface area contributed by atoms with Crippen molar-refractivity contribution in [3.63, 3.8) is 0 Å². The molecule has 0 amide bonds. The smallest absolute Gasteiger partial charge is 0.0648 e. The number of hydrogen-bond donors (Lipinski definition) is 0. The van der Waals surface area contributed by atoms with Crippen LogP contribution in [0.2, 0.25) is 5.02 Å². The molecular formula is C15H15ClN. The van der Waals surface area contributed by atoms with E-state index in [0.717, 1.165) is 16.7 Å². The van der Waals surface area contributed by atoms with Gasteiger partial charge in [0.1, 0.15) is 0 Å². The van der Waals surface area contributed by atoms with E-state index in [4.69, 9.17) is 17.3 Å². The van der Waals surface area contributed by atoms with Crippen LogP contribution in [-0.4, -0.2) is 0 Å². The van der Waals surface area contributed by atoms with Gasteiger partial charge >= 0.3 is 0 Å². The molecule has 0 aliphatic heterocycles. The highest BCUT2D eigenvalue weighted by molar-refractivity contribution is 6.31. The molecular weight excluding hydrogens is 230 g/mol. The number of nitrogens with one attached hydrogen (secondary N) is 1. The largest absolute Gasteiger partial charge is 0.300 e. The van der Waals surface area contributed by atoms with Gasteiger partial charge in [-0.15, -0.1) is 0 Å². The average molecular weight is 245 g/mol. The standard InChI is InChI=1S/C15H15ClN/c1-9-5-4-6-13(11(9)3)14-8-12(16)7-10(2)15(14)17/h4-8,17H,1-3H3. The second-order valence-corrected chi connectivity index (χ2v) is 4.83. The lowest BCUT2D eigenvalue weighted by Gasteiger charge is -2.13. The van der Waals surface area contributed by atoms with Crippen molar-refractivity contribution in [3.8, 4) is 11.1 Å². The van der Waals surface area contributed by atoms with Gasteiger partial charge in [0.2, 0.25) is 0 Å². The SMILES string of the molecule is Cc1cccc(-c2cc(Cl)cc(C)c2[NH])c1C. The molecule has 87 valence electrons. The van der Waals surface area contributed by atoms with Gasteiger partial charge < -0.3 is 0 Å². The lowest BCUT2D eigenvalue weighted by atomic mass is 9.94. The Balaban J connectivity index is 2.73. The lowest BCUT2D eigenvalue weighted by molar-refractivity contribution is 1.32. The van der Waals surface area contributed by atoms with Crippen molar-refractivity contribution in [3.05, 3.63) is 52.0 Å². The molecule has 2 rings (SSSR count). The number of aryl methyl sites for hydroxylation is 2. The van der Waals surface area contributed by atoms with Crippen molar-refractivity contribution in [2.24, 2.45) is 0 Å². The molecule has 17 heavy (non-hydrogen) atoms. The predicted molar refractivity (Wildman–Crippen MR) is 73.9 cm³/mol. The van der Waals surface area contributed by atoms with Crippen LogP contribution in [0.5, 0.6) is 0 Å². The summed E-state index contributed by atoms with van der Waals surface area (Å²) in [5, 5.41) is 0.689. The number of hydrogen-bond acceptors (Lipinski definition) is 0. The molecule has 0 spiro atoms. The molecule has 0 heterocycles. The van der Waals surface area contributed by atoms with Gasteiger partial charge in [0.25, 0.3) is 0 Å². The Morgan fingerprint density at radius 3 is 2.35 bits per heavy atom. The Morgan fingerprint density at radius 2 is 1.65 bits per heavy atom. The monoisotopic (exact) mass is 244 g/mol. The molecule has 0 saturated carbocycles. The summed E-state index contributed by atoms with van der Waals surface area (Å²) in [6.07, 6.45) is 0. The van der Waals surface area contributed by atoms with E-state index in [1.165, 1.54) is 11.1 Å². The van der Waals surface area contributed by atoms with E-state index < -0.39 is 0 Å². The van der Waals surface area contributed by atoms with Gasteiger partial charge in [-0.3, -0.25) is 5.73 Å². The van der Waals surface area contributed by atoms with Crippen LogP contribution in [0, 0.1) is 20.8 Å². The van der Waals surface area contributed by atoms with E-state index in [0.29, 0.717) is 10.7 Å². The van der Waals surface area contributed by atoms with Gasteiger partial charge in [0, 0.05) is 10.6 Å². The Morgan fingerprint density at radius 1 is 0.941 bits per heavy atom. The van der Waals surface area contributed by atoms with Crippen LogP contribution < -0.4 is 5.73 Å². The maximum atomic E-state index is 8.14. The van der Waals surface area contributed by atoms with Crippen molar-refractivity contribution in [1.82, 2.24) is 5.73 Å². The molecule has 1 N–H and O–H groups in total. The van der Waals surface area contributed by atoms with E-state index >= 15 is 0 Å². The first kappa shape index (κ1) is 12.0. The minimum Gasteiger partial charge on any atom is -0.300 e. The van der Waals surface area contributed by atoms with Gasteiger partial charge in [-0.25, -0.2) is 0 Å². The Labute approximate surface area is 107 Å². The van der Waals surface area contributed by atoms with Crippen molar-refractivity contribution in [1.29, 1.82) is 0 Å². The second kappa shape index (κ2) is 4.42. The topological polar surface area (TPSA) is 23.8 Å². The van der Waals surface area contributed by atoms with Crippen molar-refractivity contribution >= 4 is 17.3 Å². The molecule has 1 radical (unpaired) electrons. The van der Waals surface area contributed by atoms with Crippen LogP contribution in [0.15, 0.2) is 30.3 Å². The predicted octanol–water partition coefficient (Wildman–Crippen LogP) is 4.85. The highest BCUT2D eigenvalue weighted by Gasteiger charge is 2.10. The normalized spacial score (nSPS) is 10.6. The van der Waals surface area contributed by atoms with Gasteiger partial charge in [-0.1, -0.05) is 29.8 Å². The van der Waals surface area contributed by atoms with Gasteiger partial charge in [0.05, 0.1) is 5.69 Å². The van der Waals surface area contributed by atoms with E-state index in [-0.39, 0.29) is 0 Å². The number of rotatable bonds is 1. The fourth-order valence-corrected chi connectivity index (χ4v) is 2.27. The van der Waals surface area contributed by atoms with Gasteiger partial charge in [-0.2, -0.15) is 0 Å². The molecule has 2 aromatic carbocycles. The molecule has 1 nitrogen and oxygen atoms in total. The second-order valence-electron chi connectivity index (χ2n) is 4.39. The summed E-state index contributed by atoms with van der Waals surface area (Å²) < 4.78 is 0. The minimum atomic E-state index is 0.558. The van der Waals surface area contributed by atoms with Crippen LogP contribution >= 0.6 is 11.6 Å². The first-order chi connectivity index (χ1) is 8.00. The highest BCUT2D eigenvalue weighted by Crippen LogP contribution is 2.35. The molecule has 0 aromatic heterocycles. The number of benzene rings is 2. The molecule has 0 atom stereocenters. The van der Waals surface area contributed by atoms with E-state index in [1.54, 1.807) is 0 Å². The Hall–Kier alpha value is -1.47. The van der Waals surface area contributed by atoms with Crippen molar-refractivity contribution in [2.75, 3.05) is 0 Å². The zero-order chi connectivity index (χ0) is 12.6. The summed E-state index contributed by atoms with van der Waals surface area (Å²) in [6, 6.07) is 9.86. The summed E-state index contributed by atoms with van der Waals surface area (Å²) in [5.74, 6) is 0. The molecule has 2 heteroatoms. The third-order valence-corrected chi connectivity index (χ3v) is 3.41. The summed E-state index contributed by atoms with van der Waals surface area (Å²) in [5.41, 5.74) is 14.1. The summed E-state index contributed by atoms with van der Waals surface area (Å²) in [7, 11) is 0. The molecule has 0 fully saturated rings. The third-order valence-electron chi connectivity index (χ3n) is 3.20. The maximum absolute atomic E-state index is 8.14. The van der Waals surface area contributed by atoms with Gasteiger partial charge in [0.15, 0.2) is 0 Å². The van der Waals surface area contributed by atoms with Crippen molar-refractivity contribution < 1.29 is 0 Å². The lowest BCUT2D eigenvalue weighted by Crippen LogP contribution is -1.90. The Bertz CT molecular complexity index is 573. The summed E-state index contributed by atoms with van der Waals surface area (Å²) in [4.78, 5) is 0. The molecule has 0 unspecified atom stereocenters. The molecule has 2 aromatic rings. The fourth-order valence-electron chi connectivity index (χ4n) is 2.00. The van der Waals surface area contributed by atoms with Crippen LogP contribution in [0.3, 0.4) is 0 Å². The summed E-state index contributed by atoms with van der Waals surface area (Å²) in [6.45, 7) is 6.09. The van der Waals surface area contributed by atoms with E-state index in [1.807, 2.05) is 31.2 Å². The Kier molecular flexibility index (Phi) is 3.12. The van der Waals surface area contributed by atoms with Crippen LogP contribution in [0.4, 0.5) is 5.69 Å². The maximum Gasteiger partial charge on any atom is 0.0648 e.